The van der Waals surface area contributed by atoms with Gasteiger partial charge in [0.1, 0.15) is 0 Å². The zero-order valence-electron chi connectivity index (χ0n) is 12.8. The molecule has 0 spiro atoms. The van der Waals surface area contributed by atoms with Gasteiger partial charge in [0.15, 0.2) is 12.5 Å². The summed E-state index contributed by atoms with van der Waals surface area (Å²) in [6, 6.07) is 0. The van der Waals surface area contributed by atoms with Crippen molar-refractivity contribution < 1.29 is 19.0 Å². The minimum Gasteiger partial charge on any atom is -0.464 e. The highest BCUT2D eigenvalue weighted by molar-refractivity contribution is 5.90. The second kappa shape index (κ2) is 7.87. The Kier molecular flexibility index (Phi) is 6.47. The van der Waals surface area contributed by atoms with Gasteiger partial charge in [-0.25, -0.2) is 15.8 Å². The number of carbonyl (C=O) groups excluding carboxylic acids is 1. The van der Waals surface area contributed by atoms with Gasteiger partial charge in [-0.2, -0.15) is 0 Å². The van der Waals surface area contributed by atoms with Gasteiger partial charge < -0.3 is 14.2 Å². The molecule has 0 atom stereocenters. The number of amides is 1. The van der Waals surface area contributed by atoms with Crippen LogP contribution in [0.2, 0.25) is 0 Å². The third kappa shape index (κ3) is 5.62. The zero-order valence-corrected chi connectivity index (χ0v) is 12.8. The van der Waals surface area contributed by atoms with Crippen LogP contribution in [0.3, 0.4) is 0 Å². The van der Waals surface area contributed by atoms with Gasteiger partial charge in [0.05, 0.1) is 31.1 Å². The van der Waals surface area contributed by atoms with Crippen molar-refractivity contribution >= 4 is 5.91 Å². The maximum Gasteiger partial charge on any atom is 0.306 e. The van der Waals surface area contributed by atoms with Gasteiger partial charge in [0.2, 0.25) is 5.82 Å². The molecular formula is C13H22N4O4. The number of hydrogen-bond acceptors (Lipinski definition) is 7. The van der Waals surface area contributed by atoms with Crippen molar-refractivity contribution in [1.82, 2.24) is 15.0 Å². The Balaban J connectivity index is 2.52. The Morgan fingerprint density at radius 3 is 2.43 bits per heavy atom. The summed E-state index contributed by atoms with van der Waals surface area (Å²) >= 11 is 0. The molecule has 8 heteroatoms. The maximum absolute atomic E-state index is 12.0. The van der Waals surface area contributed by atoms with Gasteiger partial charge in [0, 0.05) is 7.11 Å². The third-order valence-electron chi connectivity index (χ3n) is 2.50. The molecule has 0 aliphatic rings. The van der Waals surface area contributed by atoms with Gasteiger partial charge in [-0.1, -0.05) is 0 Å². The lowest BCUT2D eigenvalue weighted by atomic mass is 10.1. The van der Waals surface area contributed by atoms with Crippen molar-refractivity contribution in [1.29, 1.82) is 0 Å². The minimum absolute atomic E-state index is 0.0140. The Bertz CT molecular complexity index is 444. The SMILES string of the molecule is COCCOCOc1cnc(C(=O)N(N)C(C)(C)C)nc1. The monoisotopic (exact) mass is 298 g/mol. The number of rotatable bonds is 7. The fourth-order valence-corrected chi connectivity index (χ4v) is 1.22. The molecule has 0 radical (unpaired) electrons. The molecule has 8 nitrogen and oxygen atoms in total. The first kappa shape index (κ1) is 17.3. The lowest BCUT2D eigenvalue weighted by Crippen LogP contribution is -2.50. The van der Waals surface area contributed by atoms with Gasteiger partial charge in [-0.05, 0) is 20.8 Å². The standard InChI is InChI=1S/C13H22N4O4/c1-13(2,3)17(14)12(18)11-15-7-10(8-16-11)21-9-20-6-5-19-4/h7-8H,5-6,9,14H2,1-4H3. The highest BCUT2D eigenvalue weighted by Gasteiger charge is 2.26. The van der Waals surface area contributed by atoms with E-state index < -0.39 is 11.4 Å². The smallest absolute Gasteiger partial charge is 0.306 e. The number of methoxy groups -OCH3 is 1. The number of hydrazine groups is 1. The Morgan fingerprint density at radius 2 is 1.90 bits per heavy atom. The van der Waals surface area contributed by atoms with Crippen LogP contribution >= 0.6 is 0 Å². The van der Waals surface area contributed by atoms with Gasteiger partial charge >= 0.3 is 5.91 Å². The van der Waals surface area contributed by atoms with Crippen molar-refractivity contribution in [2.24, 2.45) is 5.84 Å². The first-order chi connectivity index (χ1) is 9.86. The van der Waals surface area contributed by atoms with Crippen LogP contribution in [0.5, 0.6) is 5.75 Å². The van der Waals surface area contributed by atoms with Gasteiger partial charge in [0.25, 0.3) is 0 Å². The molecule has 1 aromatic rings. The van der Waals surface area contributed by atoms with E-state index in [-0.39, 0.29) is 12.6 Å². The summed E-state index contributed by atoms with van der Waals surface area (Å²) in [7, 11) is 1.59. The van der Waals surface area contributed by atoms with Gasteiger partial charge in [-0.3, -0.25) is 9.80 Å². The van der Waals surface area contributed by atoms with Crippen LogP contribution in [0, 0.1) is 0 Å². The molecule has 0 saturated heterocycles. The van der Waals surface area contributed by atoms with Crippen LogP contribution in [0.1, 0.15) is 31.4 Å². The number of aromatic nitrogens is 2. The summed E-state index contributed by atoms with van der Waals surface area (Å²) in [5.41, 5.74) is -0.509. The molecule has 21 heavy (non-hydrogen) atoms. The molecule has 1 amide bonds. The van der Waals surface area contributed by atoms with E-state index in [0.29, 0.717) is 19.0 Å². The van der Waals surface area contributed by atoms with Crippen LogP contribution in [0.25, 0.3) is 0 Å². The lowest BCUT2D eigenvalue weighted by Gasteiger charge is -2.30. The summed E-state index contributed by atoms with van der Waals surface area (Å²) in [5, 5.41) is 1.09. The van der Waals surface area contributed by atoms with E-state index >= 15 is 0 Å². The molecule has 1 rings (SSSR count). The highest BCUT2D eigenvalue weighted by Crippen LogP contribution is 2.12. The summed E-state index contributed by atoms with van der Waals surface area (Å²) in [4.78, 5) is 19.9. The number of nitrogens with two attached hydrogens (primary N) is 1. The molecule has 1 heterocycles. The van der Waals surface area contributed by atoms with E-state index in [4.69, 9.17) is 20.1 Å². The molecule has 0 saturated carbocycles. The average molecular weight is 298 g/mol. The van der Waals surface area contributed by atoms with E-state index in [0.717, 1.165) is 5.01 Å². The molecule has 0 bridgehead atoms. The lowest BCUT2D eigenvalue weighted by molar-refractivity contribution is -0.00880. The Hall–Kier alpha value is -1.77. The van der Waals surface area contributed by atoms with Crippen LogP contribution in [-0.4, -0.2) is 53.5 Å². The molecule has 2 N–H and O–H groups in total. The van der Waals surface area contributed by atoms with Crippen molar-refractivity contribution in [2.45, 2.75) is 26.3 Å². The zero-order chi connectivity index (χ0) is 15.9. The fraction of sp³-hybridized carbons (Fsp3) is 0.615. The second-order valence-corrected chi connectivity index (χ2v) is 5.25. The molecule has 0 aliphatic carbocycles. The quantitative estimate of drug-likeness (QED) is 0.258. The van der Waals surface area contributed by atoms with Crippen molar-refractivity contribution in [3.8, 4) is 5.75 Å². The Labute approximate surface area is 124 Å². The minimum atomic E-state index is -0.509. The van der Waals surface area contributed by atoms with E-state index in [1.54, 1.807) is 7.11 Å². The highest BCUT2D eigenvalue weighted by atomic mass is 16.7. The van der Waals surface area contributed by atoms with Crippen LogP contribution in [0.15, 0.2) is 12.4 Å². The molecule has 0 aliphatic heterocycles. The second-order valence-electron chi connectivity index (χ2n) is 5.25. The summed E-state index contributed by atoms with van der Waals surface area (Å²) in [5.74, 6) is 5.70. The van der Waals surface area contributed by atoms with Crippen molar-refractivity contribution in [3.05, 3.63) is 18.2 Å². The van der Waals surface area contributed by atoms with Crippen molar-refractivity contribution in [3.63, 3.8) is 0 Å². The Morgan fingerprint density at radius 1 is 1.29 bits per heavy atom. The van der Waals surface area contributed by atoms with E-state index in [9.17, 15) is 4.79 Å². The molecule has 0 unspecified atom stereocenters. The average Bonchev–Trinajstić information content (AvgIpc) is 2.45. The fourth-order valence-electron chi connectivity index (χ4n) is 1.22. The van der Waals surface area contributed by atoms with Gasteiger partial charge in [-0.15, -0.1) is 0 Å². The van der Waals surface area contributed by atoms with Crippen LogP contribution in [0.4, 0.5) is 0 Å². The molecule has 118 valence electrons. The van der Waals surface area contributed by atoms with E-state index in [1.165, 1.54) is 12.4 Å². The largest absolute Gasteiger partial charge is 0.464 e. The molecular weight excluding hydrogens is 276 g/mol. The number of ether oxygens (including phenoxy) is 3. The van der Waals surface area contributed by atoms with Crippen LogP contribution < -0.4 is 10.6 Å². The first-order valence-corrected chi connectivity index (χ1v) is 6.47. The number of hydrogen-bond donors (Lipinski definition) is 1. The van der Waals surface area contributed by atoms with E-state index in [1.807, 2.05) is 20.8 Å². The first-order valence-electron chi connectivity index (χ1n) is 6.47. The molecule has 1 aromatic heterocycles. The summed E-state index contributed by atoms with van der Waals surface area (Å²) in [6.45, 7) is 6.44. The summed E-state index contributed by atoms with van der Waals surface area (Å²) in [6.07, 6.45) is 2.80. The maximum atomic E-state index is 12.0. The predicted molar refractivity (Wildman–Crippen MR) is 75.5 cm³/mol. The summed E-state index contributed by atoms with van der Waals surface area (Å²) < 4.78 is 15.2. The molecule has 0 aromatic carbocycles. The number of carbonyl (C=O) groups is 1. The molecule has 0 fully saturated rings. The van der Waals surface area contributed by atoms with Crippen LogP contribution in [-0.2, 0) is 9.47 Å². The third-order valence-corrected chi connectivity index (χ3v) is 2.50. The predicted octanol–water partition coefficient (Wildman–Crippen LogP) is 0.590. The number of nitrogens with zero attached hydrogens (tertiary/aromatic N) is 3. The normalized spacial score (nSPS) is 11.3. The topological polar surface area (TPSA) is 99.8 Å². The van der Waals surface area contributed by atoms with Crippen molar-refractivity contribution in [2.75, 3.05) is 27.1 Å². The van der Waals surface area contributed by atoms with E-state index in [2.05, 4.69) is 9.97 Å².